The first-order valence-electron chi connectivity index (χ1n) is 6.99. The number of hydrogen-bond donors (Lipinski definition) is 3. The van der Waals surface area contributed by atoms with Crippen molar-refractivity contribution in [3.8, 4) is 0 Å². The van der Waals surface area contributed by atoms with E-state index < -0.39 is 5.97 Å². The van der Waals surface area contributed by atoms with Gasteiger partial charge in [0.1, 0.15) is 0 Å². The Bertz CT molecular complexity index is 280. The summed E-state index contributed by atoms with van der Waals surface area (Å²) in [5, 5.41) is 13.9. The molecule has 19 heavy (non-hydrogen) atoms. The number of rotatable bonds is 11. The van der Waals surface area contributed by atoms with Crippen molar-refractivity contribution in [2.24, 2.45) is 5.92 Å². The number of hydrogen-bond acceptors (Lipinski definition) is 3. The van der Waals surface area contributed by atoms with Crippen molar-refractivity contribution in [3.05, 3.63) is 0 Å². The topological polar surface area (TPSA) is 87.7 Å². The predicted octanol–water partition coefficient (Wildman–Crippen LogP) is 1.36. The van der Waals surface area contributed by atoms with Crippen LogP contribution < -0.4 is 10.6 Å². The van der Waals surface area contributed by atoms with Crippen LogP contribution in [-0.2, 0) is 9.53 Å². The minimum absolute atomic E-state index is 0.187. The molecule has 1 fully saturated rings. The molecule has 0 atom stereocenters. The second-order valence-electron chi connectivity index (χ2n) is 4.91. The van der Waals surface area contributed by atoms with Crippen LogP contribution in [0.1, 0.15) is 38.5 Å². The molecule has 1 aliphatic rings. The van der Waals surface area contributed by atoms with Gasteiger partial charge >= 0.3 is 12.0 Å². The van der Waals surface area contributed by atoms with E-state index in [9.17, 15) is 9.59 Å². The van der Waals surface area contributed by atoms with E-state index in [-0.39, 0.29) is 12.5 Å². The molecule has 0 heterocycles. The minimum atomic E-state index is -0.767. The molecule has 6 heteroatoms. The van der Waals surface area contributed by atoms with Gasteiger partial charge in [0, 0.05) is 26.1 Å². The second-order valence-corrected chi connectivity index (χ2v) is 4.91. The first-order chi connectivity index (χ1) is 9.18. The summed E-state index contributed by atoms with van der Waals surface area (Å²) in [6.07, 6.45) is 5.03. The monoisotopic (exact) mass is 272 g/mol. The molecular formula is C13H24N2O4. The zero-order chi connectivity index (χ0) is 13.9. The van der Waals surface area contributed by atoms with E-state index in [4.69, 9.17) is 9.84 Å². The summed E-state index contributed by atoms with van der Waals surface area (Å²) < 4.78 is 5.39. The van der Waals surface area contributed by atoms with Crippen molar-refractivity contribution in [2.45, 2.75) is 38.5 Å². The van der Waals surface area contributed by atoms with E-state index in [1.807, 2.05) is 0 Å². The quantitative estimate of drug-likeness (QED) is 0.495. The van der Waals surface area contributed by atoms with E-state index in [0.29, 0.717) is 26.1 Å². The molecule has 0 aromatic rings. The molecule has 1 saturated carbocycles. The lowest BCUT2D eigenvalue weighted by atomic mass is 10.2. The number of carbonyl (C=O) groups excluding carboxylic acids is 1. The SMILES string of the molecule is O=C(O)CCCCCNC(=O)NCCOCC1CC1. The molecule has 0 aromatic heterocycles. The maximum absolute atomic E-state index is 11.3. The number of unbranched alkanes of at least 4 members (excludes halogenated alkanes) is 2. The summed E-state index contributed by atoms with van der Waals surface area (Å²) >= 11 is 0. The van der Waals surface area contributed by atoms with Crippen molar-refractivity contribution < 1.29 is 19.4 Å². The van der Waals surface area contributed by atoms with Gasteiger partial charge in [-0.25, -0.2) is 4.79 Å². The first-order valence-corrected chi connectivity index (χ1v) is 6.99. The highest BCUT2D eigenvalue weighted by molar-refractivity contribution is 5.73. The van der Waals surface area contributed by atoms with Gasteiger partial charge in [-0.2, -0.15) is 0 Å². The van der Waals surface area contributed by atoms with E-state index >= 15 is 0 Å². The van der Waals surface area contributed by atoms with Crippen molar-refractivity contribution in [1.29, 1.82) is 0 Å². The van der Waals surface area contributed by atoms with Crippen molar-refractivity contribution in [3.63, 3.8) is 0 Å². The van der Waals surface area contributed by atoms with Crippen LogP contribution in [0.3, 0.4) is 0 Å². The summed E-state index contributed by atoms with van der Waals surface area (Å²) in [5.41, 5.74) is 0. The lowest BCUT2D eigenvalue weighted by Gasteiger charge is -2.07. The van der Waals surface area contributed by atoms with Crippen LogP contribution in [0.25, 0.3) is 0 Å². The Morgan fingerprint density at radius 2 is 1.84 bits per heavy atom. The van der Waals surface area contributed by atoms with Gasteiger partial charge in [0.2, 0.25) is 0 Å². The lowest BCUT2D eigenvalue weighted by molar-refractivity contribution is -0.137. The van der Waals surface area contributed by atoms with Crippen molar-refractivity contribution in [2.75, 3.05) is 26.3 Å². The Morgan fingerprint density at radius 3 is 2.53 bits per heavy atom. The fourth-order valence-electron chi connectivity index (χ4n) is 1.61. The maximum atomic E-state index is 11.3. The third-order valence-electron chi connectivity index (χ3n) is 2.94. The average Bonchev–Trinajstić information content (AvgIpc) is 3.17. The summed E-state index contributed by atoms with van der Waals surface area (Å²) in [4.78, 5) is 21.6. The maximum Gasteiger partial charge on any atom is 0.314 e. The average molecular weight is 272 g/mol. The lowest BCUT2D eigenvalue weighted by Crippen LogP contribution is -2.37. The van der Waals surface area contributed by atoms with Crippen molar-refractivity contribution >= 4 is 12.0 Å². The number of carbonyl (C=O) groups is 2. The molecule has 0 saturated heterocycles. The molecule has 0 radical (unpaired) electrons. The fourth-order valence-corrected chi connectivity index (χ4v) is 1.61. The number of ether oxygens (including phenoxy) is 1. The fraction of sp³-hybridized carbons (Fsp3) is 0.846. The van der Waals surface area contributed by atoms with Crippen LogP contribution in [0.15, 0.2) is 0 Å². The number of carboxylic acids is 1. The highest BCUT2D eigenvalue weighted by atomic mass is 16.5. The first kappa shape index (κ1) is 15.8. The predicted molar refractivity (Wildman–Crippen MR) is 71.0 cm³/mol. The summed E-state index contributed by atoms with van der Waals surface area (Å²) in [6.45, 7) is 2.47. The molecule has 1 rings (SSSR count). The van der Waals surface area contributed by atoms with E-state index in [1.54, 1.807) is 0 Å². The highest BCUT2D eigenvalue weighted by Crippen LogP contribution is 2.28. The summed E-state index contributed by atoms with van der Waals surface area (Å²) in [6, 6.07) is -0.187. The zero-order valence-corrected chi connectivity index (χ0v) is 11.3. The van der Waals surface area contributed by atoms with E-state index in [2.05, 4.69) is 10.6 Å². The van der Waals surface area contributed by atoms with Crippen LogP contribution in [0.5, 0.6) is 0 Å². The minimum Gasteiger partial charge on any atom is -0.481 e. The largest absolute Gasteiger partial charge is 0.481 e. The Balaban J connectivity index is 1.77. The summed E-state index contributed by atoms with van der Waals surface area (Å²) in [7, 11) is 0. The van der Waals surface area contributed by atoms with Gasteiger partial charge in [-0.1, -0.05) is 6.42 Å². The number of amides is 2. The molecule has 1 aliphatic carbocycles. The highest BCUT2D eigenvalue weighted by Gasteiger charge is 2.20. The molecule has 0 aliphatic heterocycles. The molecule has 2 amide bonds. The summed E-state index contributed by atoms with van der Waals surface area (Å²) in [5.74, 6) is -0.0171. The number of urea groups is 1. The molecule has 0 aromatic carbocycles. The Kier molecular flexibility index (Phi) is 7.97. The van der Waals surface area contributed by atoms with Crippen LogP contribution in [-0.4, -0.2) is 43.4 Å². The molecule has 0 unspecified atom stereocenters. The standard InChI is InChI=1S/C13H24N2O4/c16-12(17)4-2-1-3-7-14-13(18)15-8-9-19-10-11-5-6-11/h11H,1-10H2,(H,16,17)(H2,14,15,18). The van der Waals surface area contributed by atoms with Gasteiger partial charge in [0.15, 0.2) is 0 Å². The Morgan fingerprint density at radius 1 is 1.11 bits per heavy atom. The second kappa shape index (κ2) is 9.61. The van der Waals surface area contributed by atoms with Gasteiger partial charge in [-0.05, 0) is 31.6 Å². The Labute approximate surface area is 113 Å². The third kappa shape index (κ3) is 10.3. The van der Waals surface area contributed by atoms with Gasteiger partial charge in [0.25, 0.3) is 0 Å². The molecule has 6 nitrogen and oxygen atoms in total. The smallest absolute Gasteiger partial charge is 0.314 e. The van der Waals surface area contributed by atoms with E-state index in [0.717, 1.165) is 25.4 Å². The van der Waals surface area contributed by atoms with Gasteiger partial charge in [0.05, 0.1) is 6.61 Å². The van der Waals surface area contributed by atoms with Crippen LogP contribution in [0.2, 0.25) is 0 Å². The zero-order valence-electron chi connectivity index (χ0n) is 11.3. The van der Waals surface area contributed by atoms with Crippen molar-refractivity contribution in [1.82, 2.24) is 10.6 Å². The van der Waals surface area contributed by atoms with Crippen LogP contribution in [0, 0.1) is 5.92 Å². The molecule has 110 valence electrons. The third-order valence-corrected chi connectivity index (χ3v) is 2.94. The normalized spacial score (nSPS) is 14.1. The van der Waals surface area contributed by atoms with Gasteiger partial charge < -0.3 is 20.5 Å². The number of aliphatic carboxylic acids is 1. The molecule has 0 bridgehead atoms. The molecule has 0 spiro atoms. The van der Waals surface area contributed by atoms with Crippen LogP contribution >= 0.6 is 0 Å². The van der Waals surface area contributed by atoms with Crippen LogP contribution in [0.4, 0.5) is 4.79 Å². The molecular weight excluding hydrogens is 248 g/mol. The van der Waals surface area contributed by atoms with Gasteiger partial charge in [-0.15, -0.1) is 0 Å². The van der Waals surface area contributed by atoms with E-state index in [1.165, 1.54) is 12.8 Å². The molecule has 3 N–H and O–H groups in total. The number of nitrogens with one attached hydrogen (secondary N) is 2. The van der Waals surface area contributed by atoms with Gasteiger partial charge in [-0.3, -0.25) is 4.79 Å². The Hall–Kier alpha value is -1.30. The number of carboxylic acid groups (broad SMARTS) is 1.